The van der Waals surface area contributed by atoms with E-state index >= 15 is 0 Å². The first-order valence-electron chi connectivity index (χ1n) is 9.31. The third-order valence-corrected chi connectivity index (χ3v) is 5.76. The summed E-state index contributed by atoms with van der Waals surface area (Å²) in [5.41, 5.74) is 0.878. The number of benzene rings is 1. The molecule has 0 aromatic heterocycles. The third-order valence-electron chi connectivity index (χ3n) is 5.76. The average Bonchev–Trinajstić information content (AvgIpc) is 3.13. The highest BCUT2D eigenvalue weighted by Crippen LogP contribution is 2.36. The van der Waals surface area contributed by atoms with Crippen molar-refractivity contribution in [3.8, 4) is 5.75 Å². The minimum Gasteiger partial charge on any atom is -0.497 e. The van der Waals surface area contributed by atoms with Crippen molar-refractivity contribution < 1.29 is 24.2 Å². The van der Waals surface area contributed by atoms with Crippen LogP contribution in [0.3, 0.4) is 0 Å². The monoisotopic (exact) mass is 374 g/mol. The zero-order chi connectivity index (χ0) is 19.6. The smallest absolute Gasteiger partial charge is 0.308 e. The van der Waals surface area contributed by atoms with Gasteiger partial charge >= 0.3 is 5.97 Å². The van der Waals surface area contributed by atoms with Gasteiger partial charge in [0.15, 0.2) is 0 Å². The van der Waals surface area contributed by atoms with E-state index in [1.165, 1.54) is 0 Å². The van der Waals surface area contributed by atoms with E-state index in [1.54, 1.807) is 23.8 Å². The predicted octanol–water partition coefficient (Wildman–Crippen LogP) is 1.58. The number of ether oxygens (including phenoxy) is 1. The molecule has 1 N–H and O–H groups in total. The van der Waals surface area contributed by atoms with E-state index < -0.39 is 11.9 Å². The van der Waals surface area contributed by atoms with E-state index in [0.717, 1.165) is 5.56 Å². The van der Waals surface area contributed by atoms with E-state index in [-0.39, 0.29) is 30.2 Å². The van der Waals surface area contributed by atoms with Gasteiger partial charge in [-0.1, -0.05) is 12.1 Å². The lowest BCUT2D eigenvalue weighted by atomic mass is 9.89. The van der Waals surface area contributed by atoms with Crippen LogP contribution in [0.25, 0.3) is 0 Å². The Kier molecular flexibility index (Phi) is 5.68. The van der Waals surface area contributed by atoms with Crippen LogP contribution < -0.4 is 4.74 Å². The molecule has 1 aromatic carbocycles. The number of nitrogens with zero attached hydrogens (tertiary/aromatic N) is 2. The number of methoxy groups -OCH3 is 1. The van der Waals surface area contributed by atoms with Gasteiger partial charge in [-0.25, -0.2) is 0 Å². The summed E-state index contributed by atoms with van der Waals surface area (Å²) in [6, 6.07) is 7.40. The minimum absolute atomic E-state index is 0.00912. The van der Waals surface area contributed by atoms with Gasteiger partial charge < -0.3 is 19.6 Å². The number of rotatable bonds is 4. The van der Waals surface area contributed by atoms with Crippen molar-refractivity contribution in [1.82, 2.24) is 9.80 Å². The topological polar surface area (TPSA) is 87.2 Å². The average molecular weight is 374 g/mol. The molecule has 2 atom stereocenters. The first-order valence-corrected chi connectivity index (χ1v) is 9.31. The van der Waals surface area contributed by atoms with Crippen LogP contribution in [0.15, 0.2) is 24.3 Å². The summed E-state index contributed by atoms with van der Waals surface area (Å²) in [4.78, 5) is 39.6. The van der Waals surface area contributed by atoms with E-state index in [2.05, 4.69) is 0 Å². The standard InChI is InChI=1S/C20H26N2O5/c1-13(23)21-8-6-14(7-9-21)19(24)22-11-17(18(12-22)20(25)26)15-4-3-5-16(10-15)27-2/h3-5,10,14,17-18H,6-9,11-12H2,1-2H3,(H,25,26)/t17-,18+/m1/s1. The largest absolute Gasteiger partial charge is 0.497 e. The lowest BCUT2D eigenvalue weighted by Crippen LogP contribution is -2.43. The van der Waals surface area contributed by atoms with Gasteiger partial charge in [0.05, 0.1) is 13.0 Å². The molecule has 2 heterocycles. The Morgan fingerprint density at radius 3 is 2.41 bits per heavy atom. The van der Waals surface area contributed by atoms with E-state index in [0.29, 0.717) is 38.2 Å². The normalized spacial score (nSPS) is 23.3. The van der Waals surface area contributed by atoms with Crippen molar-refractivity contribution in [2.24, 2.45) is 11.8 Å². The van der Waals surface area contributed by atoms with Crippen molar-refractivity contribution in [3.05, 3.63) is 29.8 Å². The highest BCUT2D eigenvalue weighted by atomic mass is 16.5. The van der Waals surface area contributed by atoms with E-state index in [4.69, 9.17) is 4.74 Å². The summed E-state index contributed by atoms with van der Waals surface area (Å²) in [6.07, 6.45) is 1.27. The molecule has 7 nitrogen and oxygen atoms in total. The van der Waals surface area contributed by atoms with E-state index in [1.807, 2.05) is 24.3 Å². The van der Waals surface area contributed by atoms with Gasteiger partial charge in [-0.2, -0.15) is 0 Å². The molecule has 27 heavy (non-hydrogen) atoms. The van der Waals surface area contributed by atoms with Gasteiger partial charge in [0.1, 0.15) is 5.75 Å². The lowest BCUT2D eigenvalue weighted by molar-refractivity contribution is -0.143. The number of carboxylic acids is 1. The Morgan fingerprint density at radius 1 is 1.11 bits per heavy atom. The van der Waals surface area contributed by atoms with Crippen molar-refractivity contribution in [3.63, 3.8) is 0 Å². The van der Waals surface area contributed by atoms with Crippen molar-refractivity contribution in [2.45, 2.75) is 25.7 Å². The van der Waals surface area contributed by atoms with Crippen LogP contribution in [0.1, 0.15) is 31.2 Å². The molecule has 2 amide bonds. The Morgan fingerprint density at radius 2 is 1.81 bits per heavy atom. The molecule has 2 aliphatic rings. The molecule has 3 rings (SSSR count). The van der Waals surface area contributed by atoms with Crippen molar-refractivity contribution in [1.29, 1.82) is 0 Å². The maximum atomic E-state index is 12.9. The van der Waals surface area contributed by atoms with Crippen LogP contribution in [-0.4, -0.2) is 66.0 Å². The van der Waals surface area contributed by atoms with Crippen LogP contribution in [0.5, 0.6) is 5.75 Å². The maximum absolute atomic E-state index is 12.9. The van der Waals surface area contributed by atoms with Crippen LogP contribution in [0, 0.1) is 11.8 Å². The second kappa shape index (κ2) is 7.98. The number of carboxylic acid groups (broad SMARTS) is 1. The maximum Gasteiger partial charge on any atom is 0.308 e. The number of aliphatic carboxylic acids is 1. The molecule has 146 valence electrons. The molecule has 1 aromatic rings. The number of carbonyl (C=O) groups is 3. The quantitative estimate of drug-likeness (QED) is 0.865. The minimum atomic E-state index is -0.885. The molecule has 0 bridgehead atoms. The van der Waals surface area contributed by atoms with Crippen LogP contribution >= 0.6 is 0 Å². The van der Waals surface area contributed by atoms with Crippen LogP contribution in [0.2, 0.25) is 0 Å². The third kappa shape index (κ3) is 4.07. The van der Waals surface area contributed by atoms with E-state index in [9.17, 15) is 19.5 Å². The molecule has 0 spiro atoms. The Hall–Kier alpha value is -2.57. The summed E-state index contributed by atoms with van der Waals surface area (Å²) in [6.45, 7) is 3.33. The first kappa shape index (κ1) is 19.2. The predicted molar refractivity (Wildman–Crippen MR) is 98.4 cm³/mol. The summed E-state index contributed by atoms with van der Waals surface area (Å²) in [5.74, 6) is -1.18. The second-order valence-corrected chi connectivity index (χ2v) is 7.35. The molecule has 7 heteroatoms. The first-order chi connectivity index (χ1) is 12.9. The molecule has 2 fully saturated rings. The Balaban J connectivity index is 1.71. The summed E-state index contributed by atoms with van der Waals surface area (Å²) in [5, 5.41) is 9.66. The number of carbonyl (C=O) groups excluding carboxylic acids is 2. The molecule has 2 aliphatic heterocycles. The molecule has 0 saturated carbocycles. The zero-order valence-corrected chi connectivity index (χ0v) is 15.8. The summed E-state index contributed by atoms with van der Waals surface area (Å²) in [7, 11) is 1.58. The van der Waals surface area contributed by atoms with Gasteiger partial charge in [-0.3, -0.25) is 14.4 Å². The number of hydrogen-bond acceptors (Lipinski definition) is 4. The van der Waals surface area contributed by atoms with Gasteiger partial charge in [0.25, 0.3) is 0 Å². The number of piperidine rings is 1. The fraction of sp³-hybridized carbons (Fsp3) is 0.550. The summed E-state index contributed by atoms with van der Waals surface area (Å²) >= 11 is 0. The molecular formula is C20H26N2O5. The number of hydrogen-bond donors (Lipinski definition) is 1. The van der Waals surface area contributed by atoms with Gasteiger partial charge in [0.2, 0.25) is 11.8 Å². The van der Waals surface area contributed by atoms with Gasteiger partial charge in [0, 0.05) is 44.9 Å². The van der Waals surface area contributed by atoms with Crippen molar-refractivity contribution in [2.75, 3.05) is 33.3 Å². The molecule has 0 radical (unpaired) electrons. The SMILES string of the molecule is COc1cccc([C@H]2CN(C(=O)C3CCN(C(C)=O)CC3)C[C@@H]2C(=O)O)c1. The molecule has 0 unspecified atom stereocenters. The van der Waals surface area contributed by atoms with Crippen LogP contribution in [-0.2, 0) is 14.4 Å². The summed E-state index contributed by atoms with van der Waals surface area (Å²) < 4.78 is 5.25. The fourth-order valence-corrected chi connectivity index (χ4v) is 4.14. The zero-order valence-electron chi connectivity index (χ0n) is 15.8. The highest BCUT2D eigenvalue weighted by molar-refractivity contribution is 5.82. The second-order valence-electron chi connectivity index (χ2n) is 7.35. The van der Waals surface area contributed by atoms with Crippen molar-refractivity contribution >= 4 is 17.8 Å². The Bertz CT molecular complexity index is 727. The molecular weight excluding hydrogens is 348 g/mol. The molecule has 2 saturated heterocycles. The number of likely N-dealkylation sites (tertiary alicyclic amines) is 2. The van der Waals surface area contributed by atoms with Gasteiger partial charge in [-0.15, -0.1) is 0 Å². The molecule has 0 aliphatic carbocycles. The lowest BCUT2D eigenvalue weighted by Gasteiger charge is -2.32. The Labute approximate surface area is 158 Å². The van der Waals surface area contributed by atoms with Gasteiger partial charge in [-0.05, 0) is 30.5 Å². The number of amides is 2. The van der Waals surface area contributed by atoms with Crippen LogP contribution in [0.4, 0.5) is 0 Å². The highest BCUT2D eigenvalue weighted by Gasteiger charge is 2.42. The fourth-order valence-electron chi connectivity index (χ4n) is 4.14.